The van der Waals surface area contributed by atoms with Crippen molar-refractivity contribution in [2.45, 2.75) is 6.42 Å². The fourth-order valence-electron chi connectivity index (χ4n) is 2.84. The van der Waals surface area contributed by atoms with Crippen LogP contribution < -0.4 is 28.4 Å². The molecule has 6 heteroatoms. The van der Waals surface area contributed by atoms with E-state index in [0.717, 1.165) is 11.1 Å². The molecule has 0 heterocycles. The quantitative estimate of drug-likeness (QED) is 0.729. The van der Waals surface area contributed by atoms with Crippen molar-refractivity contribution < 1.29 is 28.4 Å². The molecular formula is C19H24O6. The molecule has 0 saturated carbocycles. The van der Waals surface area contributed by atoms with Gasteiger partial charge in [0.2, 0.25) is 0 Å². The summed E-state index contributed by atoms with van der Waals surface area (Å²) in [5.74, 6) is 3.83. The molecular weight excluding hydrogens is 324 g/mol. The van der Waals surface area contributed by atoms with Crippen LogP contribution in [0.1, 0.15) is 11.1 Å². The van der Waals surface area contributed by atoms with Gasteiger partial charge in [0.1, 0.15) is 11.5 Å². The Labute approximate surface area is 148 Å². The summed E-state index contributed by atoms with van der Waals surface area (Å²) < 4.78 is 33.0. The van der Waals surface area contributed by atoms with Crippen molar-refractivity contribution in [1.29, 1.82) is 0 Å². The molecule has 25 heavy (non-hydrogen) atoms. The van der Waals surface area contributed by atoms with Gasteiger partial charge in [0.05, 0.1) is 42.7 Å². The van der Waals surface area contributed by atoms with Gasteiger partial charge in [-0.1, -0.05) is 0 Å². The van der Waals surface area contributed by atoms with Gasteiger partial charge in [0.15, 0.2) is 23.0 Å². The average Bonchev–Trinajstić information content (AvgIpc) is 2.66. The SMILES string of the molecule is COc1ccc(OC)c(OC)c1Cc1c(OC)ccc(OC)c1OC. The monoisotopic (exact) mass is 348 g/mol. The highest BCUT2D eigenvalue weighted by Gasteiger charge is 2.22. The first-order chi connectivity index (χ1) is 12.1. The molecule has 2 aromatic carbocycles. The largest absolute Gasteiger partial charge is 0.496 e. The number of benzene rings is 2. The zero-order valence-electron chi connectivity index (χ0n) is 15.5. The maximum atomic E-state index is 5.57. The van der Waals surface area contributed by atoms with Crippen molar-refractivity contribution in [1.82, 2.24) is 0 Å². The Morgan fingerprint density at radius 3 is 1.08 bits per heavy atom. The molecule has 0 spiro atoms. The van der Waals surface area contributed by atoms with Crippen molar-refractivity contribution >= 4 is 0 Å². The molecule has 0 unspecified atom stereocenters. The average molecular weight is 348 g/mol. The fraction of sp³-hybridized carbons (Fsp3) is 0.368. The molecule has 0 atom stereocenters. The molecule has 0 radical (unpaired) electrons. The second kappa shape index (κ2) is 8.37. The summed E-state index contributed by atoms with van der Waals surface area (Å²) >= 11 is 0. The minimum atomic E-state index is 0.451. The molecule has 0 aliphatic heterocycles. The molecule has 0 aromatic heterocycles. The van der Waals surface area contributed by atoms with E-state index in [1.165, 1.54) is 0 Å². The maximum absolute atomic E-state index is 5.57. The lowest BCUT2D eigenvalue weighted by molar-refractivity contribution is 0.338. The van der Waals surface area contributed by atoms with Gasteiger partial charge in [-0.25, -0.2) is 0 Å². The molecule has 2 rings (SSSR count). The van der Waals surface area contributed by atoms with E-state index < -0.39 is 0 Å². The van der Waals surface area contributed by atoms with E-state index in [1.54, 1.807) is 54.8 Å². The lowest BCUT2D eigenvalue weighted by Crippen LogP contribution is -2.04. The van der Waals surface area contributed by atoms with Gasteiger partial charge in [-0.05, 0) is 24.3 Å². The molecule has 0 aliphatic rings. The zero-order valence-corrected chi connectivity index (χ0v) is 15.5. The Bertz CT molecular complexity index is 665. The number of rotatable bonds is 8. The van der Waals surface area contributed by atoms with E-state index in [4.69, 9.17) is 28.4 Å². The Kier molecular flexibility index (Phi) is 6.22. The van der Waals surface area contributed by atoms with Crippen molar-refractivity contribution in [3.63, 3.8) is 0 Å². The minimum Gasteiger partial charge on any atom is -0.496 e. The highest BCUT2D eigenvalue weighted by Crippen LogP contribution is 2.44. The van der Waals surface area contributed by atoms with Crippen molar-refractivity contribution in [3.05, 3.63) is 35.4 Å². The Morgan fingerprint density at radius 2 is 0.800 bits per heavy atom. The van der Waals surface area contributed by atoms with Crippen LogP contribution in [-0.2, 0) is 6.42 Å². The minimum absolute atomic E-state index is 0.451. The van der Waals surface area contributed by atoms with Gasteiger partial charge in [-0.3, -0.25) is 0 Å². The summed E-state index contributed by atoms with van der Waals surface area (Å²) in [6.45, 7) is 0. The topological polar surface area (TPSA) is 55.4 Å². The molecule has 136 valence electrons. The Hall–Kier alpha value is -2.76. The number of hydrogen-bond acceptors (Lipinski definition) is 6. The highest BCUT2D eigenvalue weighted by atomic mass is 16.5. The highest BCUT2D eigenvalue weighted by molar-refractivity contribution is 5.61. The van der Waals surface area contributed by atoms with E-state index in [1.807, 2.05) is 12.1 Å². The smallest absolute Gasteiger partial charge is 0.167 e. The van der Waals surface area contributed by atoms with Crippen molar-refractivity contribution in [2.24, 2.45) is 0 Å². The van der Waals surface area contributed by atoms with Gasteiger partial charge < -0.3 is 28.4 Å². The predicted molar refractivity (Wildman–Crippen MR) is 95.0 cm³/mol. The van der Waals surface area contributed by atoms with Crippen LogP contribution >= 0.6 is 0 Å². The standard InChI is InChI=1S/C19H24O6/c1-20-14-7-9-16(22-3)18(24-5)12(14)11-13-15(21-2)8-10-17(23-4)19(13)25-6/h7-10H,11H2,1-6H3. The summed E-state index contributed by atoms with van der Waals surface area (Å²) in [6, 6.07) is 7.30. The van der Waals surface area contributed by atoms with Gasteiger partial charge >= 0.3 is 0 Å². The van der Waals surface area contributed by atoms with Crippen LogP contribution in [0.4, 0.5) is 0 Å². The maximum Gasteiger partial charge on any atom is 0.167 e. The molecule has 0 bridgehead atoms. The van der Waals surface area contributed by atoms with Gasteiger partial charge in [-0.15, -0.1) is 0 Å². The van der Waals surface area contributed by atoms with Crippen LogP contribution in [0, 0.1) is 0 Å². The van der Waals surface area contributed by atoms with E-state index in [9.17, 15) is 0 Å². The summed E-state index contributed by atoms with van der Waals surface area (Å²) in [5.41, 5.74) is 1.66. The van der Waals surface area contributed by atoms with Gasteiger partial charge in [0.25, 0.3) is 0 Å². The van der Waals surface area contributed by atoms with Crippen LogP contribution in [0.5, 0.6) is 34.5 Å². The summed E-state index contributed by atoms with van der Waals surface area (Å²) in [5, 5.41) is 0. The first kappa shape index (κ1) is 18.6. The van der Waals surface area contributed by atoms with Crippen LogP contribution in [-0.4, -0.2) is 42.7 Å². The molecule has 0 amide bonds. The van der Waals surface area contributed by atoms with E-state index in [2.05, 4.69) is 0 Å². The number of methoxy groups -OCH3 is 6. The fourth-order valence-corrected chi connectivity index (χ4v) is 2.84. The summed E-state index contributed by atoms with van der Waals surface area (Å²) in [4.78, 5) is 0. The first-order valence-corrected chi connectivity index (χ1v) is 7.70. The van der Waals surface area contributed by atoms with E-state index in [0.29, 0.717) is 40.9 Å². The lowest BCUT2D eigenvalue weighted by atomic mass is 10.00. The zero-order chi connectivity index (χ0) is 18.4. The molecule has 0 saturated heterocycles. The third-order valence-corrected chi connectivity index (χ3v) is 4.00. The lowest BCUT2D eigenvalue weighted by Gasteiger charge is -2.20. The third-order valence-electron chi connectivity index (χ3n) is 4.00. The van der Waals surface area contributed by atoms with Crippen LogP contribution in [0.2, 0.25) is 0 Å². The van der Waals surface area contributed by atoms with Crippen molar-refractivity contribution in [3.8, 4) is 34.5 Å². The normalized spacial score (nSPS) is 10.2. The van der Waals surface area contributed by atoms with Crippen LogP contribution in [0.25, 0.3) is 0 Å². The second-order valence-corrected chi connectivity index (χ2v) is 5.14. The van der Waals surface area contributed by atoms with E-state index in [-0.39, 0.29) is 0 Å². The molecule has 0 N–H and O–H groups in total. The van der Waals surface area contributed by atoms with E-state index >= 15 is 0 Å². The summed E-state index contributed by atoms with van der Waals surface area (Å²) in [7, 11) is 9.62. The van der Waals surface area contributed by atoms with Gasteiger partial charge in [0, 0.05) is 17.5 Å². The van der Waals surface area contributed by atoms with Crippen LogP contribution in [0.3, 0.4) is 0 Å². The molecule has 6 nitrogen and oxygen atoms in total. The van der Waals surface area contributed by atoms with Crippen molar-refractivity contribution in [2.75, 3.05) is 42.7 Å². The van der Waals surface area contributed by atoms with Gasteiger partial charge in [-0.2, -0.15) is 0 Å². The Morgan fingerprint density at radius 1 is 0.480 bits per heavy atom. The number of hydrogen-bond donors (Lipinski definition) is 0. The summed E-state index contributed by atoms with van der Waals surface area (Å²) in [6.07, 6.45) is 0.451. The molecule has 2 aromatic rings. The molecule has 0 aliphatic carbocycles. The van der Waals surface area contributed by atoms with Crippen LogP contribution in [0.15, 0.2) is 24.3 Å². The molecule has 0 fully saturated rings. The number of ether oxygens (including phenoxy) is 6. The second-order valence-electron chi connectivity index (χ2n) is 5.14. The third kappa shape index (κ3) is 3.52. The first-order valence-electron chi connectivity index (χ1n) is 7.70. The predicted octanol–water partition coefficient (Wildman–Crippen LogP) is 3.33. The Balaban J connectivity index is 2.67.